The summed E-state index contributed by atoms with van der Waals surface area (Å²) in [7, 11) is 0. The lowest BCUT2D eigenvalue weighted by Gasteiger charge is -2.40. The summed E-state index contributed by atoms with van der Waals surface area (Å²) in [6.07, 6.45) is -5.75. The molecule has 3 atom stereocenters. The maximum Gasteiger partial charge on any atom is 0.422 e. The number of alkyl halides is 5. The molecule has 3 rings (SSSR count). The molecule has 2 heterocycles. The number of nitrogens with zero attached hydrogens (tertiary/aromatic N) is 3. The number of aliphatic imine (C=N–C) groups is 1. The van der Waals surface area contributed by atoms with Crippen LogP contribution in [0.2, 0.25) is 0 Å². The molecule has 1 aromatic heterocycles. The van der Waals surface area contributed by atoms with Crippen molar-refractivity contribution in [2.24, 2.45) is 10.7 Å². The maximum absolute atomic E-state index is 15.0. The molecule has 4 N–H and O–H groups in total. The van der Waals surface area contributed by atoms with Gasteiger partial charge in [0.2, 0.25) is 11.8 Å². The second-order valence-corrected chi connectivity index (χ2v) is 10.6. The molecule has 1 aliphatic heterocycles. The summed E-state index contributed by atoms with van der Waals surface area (Å²) in [6, 6.07) is 2.15. The maximum atomic E-state index is 15.0. The Morgan fingerprint density at radius 2 is 1.90 bits per heavy atom. The third-order valence-electron chi connectivity index (χ3n) is 5.63. The number of carbonyl (C=O) groups is 2. The number of halogens is 6. The highest BCUT2D eigenvalue weighted by Gasteiger charge is 2.48. The number of carbonyl (C=O) groups excluding carboxylic acids is 2. The fourth-order valence-corrected chi connectivity index (χ4v) is 5.02. The molecule has 0 fully saturated rings. The van der Waals surface area contributed by atoms with Crippen molar-refractivity contribution < 1.29 is 40.7 Å². The van der Waals surface area contributed by atoms with Crippen molar-refractivity contribution in [1.82, 2.24) is 15.3 Å². The van der Waals surface area contributed by atoms with Crippen molar-refractivity contribution >= 4 is 34.4 Å². The predicted molar refractivity (Wildman–Crippen MR) is 131 cm³/mol. The molecular formula is C23H24F6N6O3S. The Bertz CT molecular complexity index is 1260. The van der Waals surface area contributed by atoms with Gasteiger partial charge in [0.1, 0.15) is 16.3 Å². The third-order valence-corrected chi connectivity index (χ3v) is 6.72. The average Bonchev–Trinajstić information content (AvgIpc) is 2.82. The predicted octanol–water partition coefficient (Wildman–Crippen LogP) is 4.00. The monoisotopic (exact) mass is 578 g/mol. The highest BCUT2D eigenvalue weighted by atomic mass is 32.2. The lowest BCUT2D eigenvalue weighted by atomic mass is 9.82. The summed E-state index contributed by atoms with van der Waals surface area (Å²) in [5.41, 5.74) is 4.34. The smallest absolute Gasteiger partial charge is 0.422 e. The van der Waals surface area contributed by atoms with Crippen LogP contribution in [-0.2, 0) is 10.3 Å². The van der Waals surface area contributed by atoms with Gasteiger partial charge in [-0.3, -0.25) is 14.6 Å². The lowest BCUT2D eigenvalue weighted by molar-refractivity contribution is -0.154. The van der Waals surface area contributed by atoms with Gasteiger partial charge in [-0.1, -0.05) is 11.8 Å². The molecule has 0 spiro atoms. The van der Waals surface area contributed by atoms with Gasteiger partial charge >= 0.3 is 6.18 Å². The molecular weight excluding hydrogens is 554 g/mol. The van der Waals surface area contributed by atoms with Gasteiger partial charge in [-0.15, -0.1) is 0 Å². The summed E-state index contributed by atoms with van der Waals surface area (Å²) < 4.78 is 80.9. The lowest BCUT2D eigenvalue weighted by Crippen LogP contribution is -2.53. The quantitative estimate of drug-likeness (QED) is 0.404. The van der Waals surface area contributed by atoms with Crippen molar-refractivity contribution in [2.45, 2.75) is 56.1 Å². The van der Waals surface area contributed by atoms with Crippen LogP contribution in [-0.4, -0.2) is 56.9 Å². The first kappa shape index (κ1) is 30.0. The first-order valence-electron chi connectivity index (χ1n) is 11.3. The van der Waals surface area contributed by atoms with Gasteiger partial charge in [0.15, 0.2) is 11.8 Å². The van der Waals surface area contributed by atoms with Crippen LogP contribution in [0, 0.1) is 5.82 Å². The van der Waals surface area contributed by atoms with Crippen molar-refractivity contribution in [3.63, 3.8) is 0 Å². The number of hydrogen-bond donors (Lipinski definition) is 3. The molecule has 9 nitrogen and oxygen atoms in total. The Kier molecular flexibility index (Phi) is 8.67. The Morgan fingerprint density at radius 1 is 1.21 bits per heavy atom. The number of amidine groups is 1. The molecule has 0 aliphatic carbocycles. The molecule has 0 saturated carbocycles. The zero-order valence-corrected chi connectivity index (χ0v) is 21.6. The van der Waals surface area contributed by atoms with Crippen LogP contribution in [0.1, 0.15) is 43.2 Å². The summed E-state index contributed by atoms with van der Waals surface area (Å²) in [6.45, 7) is 2.56. The van der Waals surface area contributed by atoms with Gasteiger partial charge in [-0.2, -0.15) is 13.2 Å². The number of nitrogens with one attached hydrogen (secondary N) is 2. The summed E-state index contributed by atoms with van der Waals surface area (Å²) in [4.78, 5) is 37.1. The van der Waals surface area contributed by atoms with Gasteiger partial charge in [-0.25, -0.2) is 23.1 Å². The molecule has 1 aromatic carbocycles. The van der Waals surface area contributed by atoms with E-state index in [2.05, 4.69) is 30.3 Å². The van der Waals surface area contributed by atoms with Crippen molar-refractivity contribution in [2.75, 3.05) is 11.9 Å². The molecule has 0 bridgehead atoms. The molecule has 16 heteroatoms. The number of amides is 2. The minimum absolute atomic E-state index is 0.0357. The van der Waals surface area contributed by atoms with E-state index >= 15 is 4.39 Å². The first-order valence-corrected chi connectivity index (χ1v) is 12.1. The standard InChI is InChI=1S/C23H24F6N6O3S/c1-11(17(25)26)33-19(37)22(3)9-21(2,35-20(30)39-22)13-6-12(4-5-14(13)24)34-18(36)15-7-32-16(8-31-15)38-10-23(27,28)29/h4-8,11,17H,9-10H2,1-3H3,(H2,30,35)(H,33,37)(H,34,36)/t11?,21-,22+/m0/s1. The number of anilines is 1. The van der Waals surface area contributed by atoms with E-state index in [0.717, 1.165) is 37.1 Å². The third kappa shape index (κ3) is 7.52. The van der Waals surface area contributed by atoms with Crippen molar-refractivity contribution in [3.05, 3.63) is 47.7 Å². The minimum atomic E-state index is -4.58. The normalized spacial score (nSPS) is 22.2. The Labute approximate surface area is 223 Å². The number of thioether (sulfide) groups is 1. The molecule has 212 valence electrons. The van der Waals surface area contributed by atoms with Crippen LogP contribution in [0.25, 0.3) is 0 Å². The van der Waals surface area contributed by atoms with Crippen molar-refractivity contribution in [1.29, 1.82) is 0 Å². The number of benzene rings is 1. The van der Waals surface area contributed by atoms with E-state index in [1.165, 1.54) is 26.0 Å². The van der Waals surface area contributed by atoms with E-state index in [1.807, 2.05) is 0 Å². The number of aromatic nitrogens is 2. The molecule has 0 saturated heterocycles. The summed E-state index contributed by atoms with van der Waals surface area (Å²) in [5.74, 6) is -2.70. The molecule has 1 unspecified atom stereocenters. The highest BCUT2D eigenvalue weighted by Crippen LogP contribution is 2.46. The number of hydrogen-bond acceptors (Lipinski definition) is 8. The molecule has 1 aliphatic rings. The van der Waals surface area contributed by atoms with Gasteiger partial charge in [0.05, 0.1) is 24.0 Å². The Hall–Kier alpha value is -3.56. The zero-order valence-electron chi connectivity index (χ0n) is 20.8. The largest absolute Gasteiger partial charge is 0.467 e. The SMILES string of the molecule is CC(NC(=O)[C@@]1(C)C[C@@](C)(c2cc(NC(=O)c3cnc(OCC(F)(F)F)cn3)ccc2F)N=C(N)S1)C(F)F. The second-order valence-electron chi connectivity index (χ2n) is 9.12. The van der Waals surface area contributed by atoms with E-state index in [1.54, 1.807) is 0 Å². The first-order chi connectivity index (χ1) is 18.0. The van der Waals surface area contributed by atoms with E-state index in [0.29, 0.717) is 0 Å². The molecule has 0 radical (unpaired) electrons. The zero-order chi connectivity index (χ0) is 29.2. The average molecular weight is 579 g/mol. The van der Waals surface area contributed by atoms with Gasteiger partial charge in [-0.05, 0) is 39.0 Å². The summed E-state index contributed by atoms with van der Waals surface area (Å²) >= 11 is 0.862. The minimum Gasteiger partial charge on any atom is -0.467 e. The van der Waals surface area contributed by atoms with E-state index in [9.17, 15) is 31.5 Å². The molecule has 2 aromatic rings. The highest BCUT2D eigenvalue weighted by molar-refractivity contribution is 8.15. The number of ether oxygens (including phenoxy) is 1. The van der Waals surface area contributed by atoms with Crippen LogP contribution in [0.5, 0.6) is 5.88 Å². The van der Waals surface area contributed by atoms with Crippen LogP contribution in [0.3, 0.4) is 0 Å². The van der Waals surface area contributed by atoms with Gasteiger partial charge in [0.25, 0.3) is 12.3 Å². The Morgan fingerprint density at radius 3 is 2.49 bits per heavy atom. The fraction of sp³-hybridized carbons (Fsp3) is 0.435. The van der Waals surface area contributed by atoms with E-state index in [-0.39, 0.29) is 28.5 Å². The van der Waals surface area contributed by atoms with Crippen LogP contribution in [0.15, 0.2) is 35.6 Å². The second kappa shape index (κ2) is 11.3. The molecule has 2 amide bonds. The van der Waals surface area contributed by atoms with Gasteiger partial charge < -0.3 is 21.1 Å². The Balaban J connectivity index is 1.81. The van der Waals surface area contributed by atoms with Gasteiger partial charge in [0, 0.05) is 17.7 Å². The number of rotatable bonds is 8. The van der Waals surface area contributed by atoms with Crippen molar-refractivity contribution in [3.8, 4) is 5.88 Å². The van der Waals surface area contributed by atoms with Crippen LogP contribution >= 0.6 is 11.8 Å². The van der Waals surface area contributed by atoms with Crippen LogP contribution in [0.4, 0.5) is 32.0 Å². The van der Waals surface area contributed by atoms with Crippen LogP contribution < -0.4 is 21.1 Å². The topological polar surface area (TPSA) is 132 Å². The summed E-state index contributed by atoms with van der Waals surface area (Å²) in [5, 5.41) is 4.65. The van der Waals surface area contributed by atoms with E-state index in [4.69, 9.17) is 5.73 Å². The molecule has 39 heavy (non-hydrogen) atoms. The van der Waals surface area contributed by atoms with E-state index < -0.39 is 59.0 Å². The fourth-order valence-electron chi connectivity index (χ4n) is 3.81. The number of nitrogens with two attached hydrogens (primary N) is 1.